The van der Waals surface area contributed by atoms with Crippen LogP contribution in [-0.2, 0) is 20.0 Å². The zero-order chi connectivity index (χ0) is 8.55. The zero-order valence-corrected chi connectivity index (χ0v) is 7.45. The summed E-state index contributed by atoms with van der Waals surface area (Å²) in [6, 6.07) is 0. The number of hydrogen-bond donors (Lipinski definition) is 1. The van der Waals surface area contributed by atoms with Crippen LogP contribution in [-0.4, -0.2) is 9.78 Å². The van der Waals surface area contributed by atoms with Crippen LogP contribution in [0.1, 0.15) is 24.1 Å². The monoisotopic (exact) mass is 165 g/mol. The zero-order valence-electron chi connectivity index (χ0n) is 7.45. The van der Waals surface area contributed by atoms with E-state index < -0.39 is 0 Å². The van der Waals surface area contributed by atoms with Crippen molar-refractivity contribution in [3.63, 3.8) is 0 Å². The molecule has 3 heteroatoms. The van der Waals surface area contributed by atoms with Gasteiger partial charge in [-0.3, -0.25) is 4.68 Å². The molecule has 1 heterocycles. The highest BCUT2D eigenvalue weighted by Gasteiger charge is 2.23. The molecule has 3 nitrogen and oxygen atoms in total. The number of hydrogen-bond acceptors (Lipinski definition) is 2. The van der Waals surface area contributed by atoms with Gasteiger partial charge in [-0.25, -0.2) is 0 Å². The van der Waals surface area contributed by atoms with Gasteiger partial charge >= 0.3 is 0 Å². The molecule has 12 heavy (non-hydrogen) atoms. The first kappa shape index (κ1) is 7.80. The summed E-state index contributed by atoms with van der Waals surface area (Å²) in [6.07, 6.45) is 5.91. The molecule has 0 aromatic carbocycles. The lowest BCUT2D eigenvalue weighted by molar-refractivity contribution is 0.715. The Morgan fingerprint density at radius 2 is 2.42 bits per heavy atom. The Bertz CT molecular complexity index is 273. The van der Waals surface area contributed by atoms with E-state index in [0.29, 0.717) is 6.54 Å². The molecule has 2 rings (SSSR count). The first-order valence-electron chi connectivity index (χ1n) is 4.51. The van der Waals surface area contributed by atoms with Gasteiger partial charge in [0.2, 0.25) is 0 Å². The molecule has 0 unspecified atom stereocenters. The standard InChI is InChI=1S/C9H15N3/c1-12-6-8(5-10)9(11-12)4-7-2-3-7/h6-7H,2-5,10H2,1H3. The van der Waals surface area contributed by atoms with Gasteiger partial charge in [0, 0.05) is 25.4 Å². The quantitative estimate of drug-likeness (QED) is 0.721. The molecule has 1 fully saturated rings. The molecule has 0 amide bonds. The summed E-state index contributed by atoms with van der Waals surface area (Å²) in [4.78, 5) is 0. The molecule has 1 aromatic rings. The minimum atomic E-state index is 0.621. The molecule has 1 saturated carbocycles. The smallest absolute Gasteiger partial charge is 0.0672 e. The molecular formula is C9H15N3. The van der Waals surface area contributed by atoms with Crippen molar-refractivity contribution in [1.29, 1.82) is 0 Å². The summed E-state index contributed by atoms with van der Waals surface area (Å²) in [5.41, 5.74) is 8.03. The summed E-state index contributed by atoms with van der Waals surface area (Å²) in [7, 11) is 1.95. The molecule has 66 valence electrons. The van der Waals surface area contributed by atoms with Gasteiger partial charge in [-0.2, -0.15) is 5.10 Å². The van der Waals surface area contributed by atoms with Crippen LogP contribution in [0.25, 0.3) is 0 Å². The van der Waals surface area contributed by atoms with Crippen molar-refractivity contribution < 1.29 is 0 Å². The molecule has 1 aliphatic rings. The molecular weight excluding hydrogens is 150 g/mol. The lowest BCUT2D eigenvalue weighted by Crippen LogP contribution is -2.00. The largest absolute Gasteiger partial charge is 0.326 e. The average molecular weight is 165 g/mol. The SMILES string of the molecule is Cn1cc(CN)c(CC2CC2)n1. The highest BCUT2D eigenvalue weighted by Crippen LogP contribution is 2.32. The highest BCUT2D eigenvalue weighted by molar-refractivity contribution is 5.17. The maximum absolute atomic E-state index is 5.61. The first-order valence-corrected chi connectivity index (χ1v) is 4.51. The van der Waals surface area contributed by atoms with E-state index in [-0.39, 0.29) is 0 Å². The molecule has 0 aliphatic heterocycles. The second-order valence-corrected chi connectivity index (χ2v) is 3.63. The van der Waals surface area contributed by atoms with Crippen LogP contribution >= 0.6 is 0 Å². The third-order valence-corrected chi connectivity index (χ3v) is 2.39. The van der Waals surface area contributed by atoms with Gasteiger partial charge in [-0.15, -0.1) is 0 Å². The van der Waals surface area contributed by atoms with E-state index in [1.165, 1.54) is 24.1 Å². The predicted octanol–water partition coefficient (Wildman–Crippen LogP) is 0.831. The minimum absolute atomic E-state index is 0.621. The van der Waals surface area contributed by atoms with Crippen LogP contribution in [0.5, 0.6) is 0 Å². The van der Waals surface area contributed by atoms with E-state index in [4.69, 9.17) is 5.73 Å². The molecule has 0 saturated heterocycles. The van der Waals surface area contributed by atoms with Gasteiger partial charge in [0.15, 0.2) is 0 Å². The fourth-order valence-corrected chi connectivity index (χ4v) is 1.52. The normalized spacial score (nSPS) is 16.8. The van der Waals surface area contributed by atoms with Gasteiger partial charge in [0.05, 0.1) is 5.69 Å². The summed E-state index contributed by atoms with van der Waals surface area (Å²) in [5.74, 6) is 0.894. The fraction of sp³-hybridized carbons (Fsp3) is 0.667. The Morgan fingerprint density at radius 3 is 3.00 bits per heavy atom. The van der Waals surface area contributed by atoms with E-state index in [1.54, 1.807) is 0 Å². The fourth-order valence-electron chi connectivity index (χ4n) is 1.52. The van der Waals surface area contributed by atoms with Gasteiger partial charge in [0.25, 0.3) is 0 Å². The van der Waals surface area contributed by atoms with E-state index in [2.05, 4.69) is 5.10 Å². The van der Waals surface area contributed by atoms with Crippen molar-refractivity contribution >= 4 is 0 Å². The Morgan fingerprint density at radius 1 is 1.67 bits per heavy atom. The van der Waals surface area contributed by atoms with Crippen molar-refractivity contribution in [3.05, 3.63) is 17.5 Å². The van der Waals surface area contributed by atoms with E-state index in [1.807, 2.05) is 17.9 Å². The van der Waals surface area contributed by atoms with E-state index in [0.717, 1.165) is 12.3 Å². The Kier molecular flexibility index (Phi) is 1.89. The lowest BCUT2D eigenvalue weighted by atomic mass is 10.1. The first-order chi connectivity index (χ1) is 5.79. The van der Waals surface area contributed by atoms with E-state index >= 15 is 0 Å². The Hall–Kier alpha value is -0.830. The van der Waals surface area contributed by atoms with Crippen LogP contribution in [0.15, 0.2) is 6.20 Å². The lowest BCUT2D eigenvalue weighted by Gasteiger charge is -1.95. The van der Waals surface area contributed by atoms with Crippen molar-refractivity contribution in [2.75, 3.05) is 0 Å². The molecule has 1 aliphatic carbocycles. The maximum atomic E-state index is 5.61. The topological polar surface area (TPSA) is 43.8 Å². The molecule has 0 radical (unpaired) electrons. The molecule has 1 aromatic heterocycles. The van der Waals surface area contributed by atoms with Gasteiger partial charge in [0.1, 0.15) is 0 Å². The van der Waals surface area contributed by atoms with Crippen molar-refractivity contribution in [3.8, 4) is 0 Å². The second kappa shape index (κ2) is 2.90. The number of nitrogens with zero attached hydrogens (tertiary/aromatic N) is 2. The number of nitrogens with two attached hydrogens (primary N) is 1. The van der Waals surface area contributed by atoms with Crippen molar-refractivity contribution in [2.24, 2.45) is 18.7 Å². The number of aromatic nitrogens is 2. The Labute approximate surface area is 72.6 Å². The number of rotatable bonds is 3. The average Bonchev–Trinajstić information content (AvgIpc) is 2.76. The maximum Gasteiger partial charge on any atom is 0.0672 e. The number of aryl methyl sites for hydroxylation is 1. The molecule has 2 N–H and O–H groups in total. The van der Waals surface area contributed by atoms with Gasteiger partial charge < -0.3 is 5.73 Å². The summed E-state index contributed by atoms with van der Waals surface area (Å²) >= 11 is 0. The summed E-state index contributed by atoms with van der Waals surface area (Å²) in [6.45, 7) is 0.621. The van der Waals surface area contributed by atoms with Crippen LogP contribution in [0.2, 0.25) is 0 Å². The van der Waals surface area contributed by atoms with Crippen molar-refractivity contribution in [1.82, 2.24) is 9.78 Å². The second-order valence-electron chi connectivity index (χ2n) is 3.63. The summed E-state index contributed by atoms with van der Waals surface area (Å²) < 4.78 is 1.86. The van der Waals surface area contributed by atoms with Crippen LogP contribution in [0, 0.1) is 5.92 Å². The van der Waals surface area contributed by atoms with Crippen LogP contribution in [0.4, 0.5) is 0 Å². The van der Waals surface area contributed by atoms with Crippen LogP contribution in [0.3, 0.4) is 0 Å². The Balaban J connectivity index is 2.15. The van der Waals surface area contributed by atoms with Gasteiger partial charge in [-0.1, -0.05) is 0 Å². The summed E-state index contributed by atoms with van der Waals surface area (Å²) in [5, 5.41) is 4.40. The minimum Gasteiger partial charge on any atom is -0.326 e. The predicted molar refractivity (Wildman–Crippen MR) is 47.5 cm³/mol. The van der Waals surface area contributed by atoms with E-state index in [9.17, 15) is 0 Å². The third kappa shape index (κ3) is 1.50. The van der Waals surface area contributed by atoms with Gasteiger partial charge in [-0.05, 0) is 25.2 Å². The third-order valence-electron chi connectivity index (χ3n) is 2.39. The van der Waals surface area contributed by atoms with Crippen LogP contribution < -0.4 is 5.73 Å². The molecule has 0 atom stereocenters. The highest BCUT2D eigenvalue weighted by atomic mass is 15.3. The molecule has 0 bridgehead atoms. The van der Waals surface area contributed by atoms with Crippen molar-refractivity contribution in [2.45, 2.75) is 25.8 Å². The molecule has 0 spiro atoms.